The number of halogens is 1. The van der Waals surface area contributed by atoms with E-state index in [9.17, 15) is 9.59 Å². The zero-order valence-electron chi connectivity index (χ0n) is 18.7. The molecule has 0 N–H and O–H groups in total. The zero-order valence-corrected chi connectivity index (χ0v) is 19.5. The van der Waals surface area contributed by atoms with E-state index in [1.54, 1.807) is 23.6 Å². The SMILES string of the molecule is CC(C(=O)C[C@H](C)c1cccc2ccccc12)n1nc(-c2ccc(Cl)cc2)n(C2CC2)c1=O. The van der Waals surface area contributed by atoms with Crippen LogP contribution in [0.1, 0.15) is 56.7 Å². The van der Waals surface area contributed by atoms with Gasteiger partial charge in [-0.1, -0.05) is 61.0 Å². The monoisotopic (exact) mass is 459 g/mol. The highest BCUT2D eigenvalue weighted by Crippen LogP contribution is 2.37. The lowest BCUT2D eigenvalue weighted by Gasteiger charge is -2.16. The number of fused-ring (bicyclic) bond motifs is 1. The van der Waals surface area contributed by atoms with Gasteiger partial charge in [-0.15, -0.1) is 5.10 Å². The molecule has 1 saturated carbocycles. The van der Waals surface area contributed by atoms with E-state index in [4.69, 9.17) is 11.6 Å². The molecule has 3 aromatic carbocycles. The fraction of sp³-hybridized carbons (Fsp3) is 0.296. The number of ketones is 1. The van der Waals surface area contributed by atoms with Crippen molar-refractivity contribution in [2.75, 3.05) is 0 Å². The first-order chi connectivity index (χ1) is 15.9. The van der Waals surface area contributed by atoms with E-state index in [0.717, 1.165) is 34.7 Å². The first-order valence-corrected chi connectivity index (χ1v) is 11.8. The highest BCUT2D eigenvalue weighted by Gasteiger charge is 2.32. The van der Waals surface area contributed by atoms with Crippen LogP contribution in [0.5, 0.6) is 0 Å². The van der Waals surface area contributed by atoms with Crippen molar-refractivity contribution in [3.05, 3.63) is 87.8 Å². The van der Waals surface area contributed by atoms with Crippen molar-refractivity contribution in [1.82, 2.24) is 14.3 Å². The number of Topliss-reactive ketones (excluding diaryl/α,β-unsaturated/α-hetero) is 1. The van der Waals surface area contributed by atoms with E-state index in [2.05, 4.69) is 36.3 Å². The predicted octanol–water partition coefficient (Wildman–Crippen LogP) is 6.18. The van der Waals surface area contributed by atoms with E-state index >= 15 is 0 Å². The fourth-order valence-electron chi connectivity index (χ4n) is 4.50. The number of hydrogen-bond donors (Lipinski definition) is 0. The second kappa shape index (κ2) is 8.64. The second-order valence-corrected chi connectivity index (χ2v) is 9.41. The Kier molecular flexibility index (Phi) is 5.67. The molecule has 0 spiro atoms. The molecule has 0 bridgehead atoms. The lowest BCUT2D eigenvalue weighted by atomic mass is 9.90. The van der Waals surface area contributed by atoms with Gasteiger partial charge in [0.25, 0.3) is 0 Å². The van der Waals surface area contributed by atoms with Crippen LogP contribution < -0.4 is 5.69 Å². The second-order valence-electron chi connectivity index (χ2n) is 8.97. The summed E-state index contributed by atoms with van der Waals surface area (Å²) in [5.74, 6) is 0.629. The Balaban J connectivity index is 1.44. The molecule has 0 radical (unpaired) electrons. The molecule has 33 heavy (non-hydrogen) atoms. The lowest BCUT2D eigenvalue weighted by molar-refractivity contribution is -0.122. The molecule has 0 amide bonds. The molecule has 1 aliphatic rings. The van der Waals surface area contributed by atoms with Gasteiger partial charge in [-0.2, -0.15) is 0 Å². The number of rotatable bonds is 7. The molecule has 1 unspecified atom stereocenters. The normalized spacial score (nSPS) is 15.5. The molecule has 0 saturated heterocycles. The van der Waals surface area contributed by atoms with Crippen LogP contribution in [0.2, 0.25) is 5.02 Å². The van der Waals surface area contributed by atoms with Crippen molar-refractivity contribution in [3.8, 4) is 11.4 Å². The van der Waals surface area contributed by atoms with Gasteiger partial charge in [0.1, 0.15) is 6.04 Å². The molecule has 2 atom stereocenters. The summed E-state index contributed by atoms with van der Waals surface area (Å²) in [6.07, 6.45) is 2.24. The minimum atomic E-state index is -0.638. The molecular formula is C27H26ClN3O2. The van der Waals surface area contributed by atoms with Gasteiger partial charge in [0.05, 0.1) is 0 Å². The lowest BCUT2D eigenvalue weighted by Crippen LogP contribution is -2.31. The topological polar surface area (TPSA) is 56.9 Å². The molecule has 168 valence electrons. The van der Waals surface area contributed by atoms with Crippen molar-refractivity contribution < 1.29 is 4.79 Å². The van der Waals surface area contributed by atoms with Crippen molar-refractivity contribution >= 4 is 28.2 Å². The van der Waals surface area contributed by atoms with Crippen LogP contribution in [0.15, 0.2) is 71.5 Å². The van der Waals surface area contributed by atoms with Crippen LogP contribution in [-0.4, -0.2) is 20.1 Å². The van der Waals surface area contributed by atoms with E-state index < -0.39 is 6.04 Å². The van der Waals surface area contributed by atoms with Crippen LogP contribution in [0, 0.1) is 0 Å². The average molecular weight is 460 g/mol. The Bertz CT molecular complexity index is 1380. The zero-order chi connectivity index (χ0) is 23.1. The molecule has 1 fully saturated rings. The van der Waals surface area contributed by atoms with Gasteiger partial charge in [-0.25, -0.2) is 9.48 Å². The van der Waals surface area contributed by atoms with Crippen molar-refractivity contribution in [2.45, 2.75) is 51.1 Å². The van der Waals surface area contributed by atoms with Gasteiger partial charge >= 0.3 is 5.69 Å². The molecule has 4 aromatic rings. The van der Waals surface area contributed by atoms with E-state index in [1.807, 2.05) is 30.3 Å². The van der Waals surface area contributed by atoms with Gasteiger partial charge in [0.2, 0.25) is 0 Å². The van der Waals surface area contributed by atoms with Crippen LogP contribution in [0.25, 0.3) is 22.2 Å². The largest absolute Gasteiger partial charge is 0.347 e. The van der Waals surface area contributed by atoms with E-state index in [-0.39, 0.29) is 23.4 Å². The first-order valence-electron chi connectivity index (χ1n) is 11.4. The number of benzene rings is 3. The highest BCUT2D eigenvalue weighted by atomic mass is 35.5. The summed E-state index contributed by atoms with van der Waals surface area (Å²) in [7, 11) is 0. The van der Waals surface area contributed by atoms with E-state index in [0.29, 0.717) is 17.3 Å². The summed E-state index contributed by atoms with van der Waals surface area (Å²) in [4.78, 5) is 26.5. The number of aromatic nitrogens is 3. The average Bonchev–Trinajstić information content (AvgIpc) is 3.60. The van der Waals surface area contributed by atoms with Gasteiger partial charge < -0.3 is 0 Å². The third-order valence-electron chi connectivity index (χ3n) is 6.54. The molecule has 6 heteroatoms. The maximum atomic E-state index is 13.3. The third-order valence-corrected chi connectivity index (χ3v) is 6.79. The maximum Gasteiger partial charge on any atom is 0.347 e. The molecule has 1 heterocycles. The Morgan fingerprint density at radius 2 is 1.73 bits per heavy atom. The summed E-state index contributed by atoms with van der Waals surface area (Å²) < 4.78 is 3.10. The minimum absolute atomic E-state index is 0.000590. The van der Waals surface area contributed by atoms with Crippen LogP contribution >= 0.6 is 11.6 Å². The Hall–Kier alpha value is -3.18. The van der Waals surface area contributed by atoms with Gasteiger partial charge in [0, 0.05) is 23.0 Å². The van der Waals surface area contributed by atoms with Crippen LogP contribution in [-0.2, 0) is 4.79 Å². The Labute approximate surface area is 197 Å². The molecule has 0 aliphatic heterocycles. The molecule has 1 aromatic heterocycles. The van der Waals surface area contributed by atoms with E-state index in [1.165, 1.54) is 4.68 Å². The van der Waals surface area contributed by atoms with Crippen LogP contribution in [0.4, 0.5) is 0 Å². The standard InChI is InChI=1S/C27H26ClN3O2/c1-17(23-9-5-7-19-6-3-4-8-24(19)23)16-25(32)18(2)31-27(33)30(22-14-15-22)26(29-31)20-10-12-21(28)13-11-20/h3-13,17-18,22H,14-16H2,1-2H3/t17-,18?/m0/s1. The number of carbonyl (C=O) groups excluding carboxylic acids is 1. The minimum Gasteiger partial charge on any atom is -0.297 e. The highest BCUT2D eigenvalue weighted by molar-refractivity contribution is 6.30. The first kappa shape index (κ1) is 21.7. The summed E-state index contributed by atoms with van der Waals surface area (Å²) in [5.41, 5.74) is 1.75. The molecular weight excluding hydrogens is 434 g/mol. The fourth-order valence-corrected chi connectivity index (χ4v) is 4.63. The quantitative estimate of drug-likeness (QED) is 0.331. The summed E-state index contributed by atoms with van der Waals surface area (Å²) in [6.45, 7) is 3.84. The van der Waals surface area contributed by atoms with Gasteiger partial charge in [-0.3, -0.25) is 9.36 Å². The van der Waals surface area contributed by atoms with Crippen molar-refractivity contribution in [2.24, 2.45) is 0 Å². The number of hydrogen-bond acceptors (Lipinski definition) is 3. The van der Waals surface area contributed by atoms with Gasteiger partial charge in [-0.05, 0) is 66.3 Å². The molecule has 5 rings (SSSR count). The number of carbonyl (C=O) groups is 1. The predicted molar refractivity (Wildman–Crippen MR) is 132 cm³/mol. The summed E-state index contributed by atoms with van der Waals surface area (Å²) in [5, 5.41) is 7.58. The Morgan fingerprint density at radius 1 is 1.03 bits per heavy atom. The Morgan fingerprint density at radius 3 is 2.45 bits per heavy atom. The smallest absolute Gasteiger partial charge is 0.297 e. The van der Waals surface area contributed by atoms with Crippen LogP contribution in [0.3, 0.4) is 0 Å². The van der Waals surface area contributed by atoms with Crippen molar-refractivity contribution in [1.29, 1.82) is 0 Å². The van der Waals surface area contributed by atoms with Gasteiger partial charge in [0.15, 0.2) is 11.6 Å². The molecule has 1 aliphatic carbocycles. The maximum absolute atomic E-state index is 13.3. The number of nitrogens with zero attached hydrogens (tertiary/aromatic N) is 3. The molecule has 5 nitrogen and oxygen atoms in total. The third kappa shape index (κ3) is 4.13. The summed E-state index contributed by atoms with van der Waals surface area (Å²) in [6, 6.07) is 21.2. The van der Waals surface area contributed by atoms with Crippen molar-refractivity contribution in [3.63, 3.8) is 0 Å². The summed E-state index contributed by atoms with van der Waals surface area (Å²) >= 11 is 6.04.